The smallest absolute Gasteiger partial charge is 0.292 e. The molecule has 1 fully saturated rings. The summed E-state index contributed by atoms with van der Waals surface area (Å²) >= 11 is 0. The molecule has 1 unspecified atom stereocenters. The van der Waals surface area contributed by atoms with Crippen molar-refractivity contribution in [1.82, 2.24) is 5.32 Å². The zero-order valence-electron chi connectivity index (χ0n) is 16.2. The number of carbonyl (C=O) groups is 2. The van der Waals surface area contributed by atoms with Crippen molar-refractivity contribution in [3.8, 4) is 0 Å². The summed E-state index contributed by atoms with van der Waals surface area (Å²) in [6.45, 7) is 2.17. The van der Waals surface area contributed by atoms with Gasteiger partial charge in [0.25, 0.3) is 5.69 Å². The van der Waals surface area contributed by atoms with Gasteiger partial charge in [0.15, 0.2) is 0 Å². The highest BCUT2D eigenvalue weighted by molar-refractivity contribution is 5.94. The zero-order valence-corrected chi connectivity index (χ0v) is 16.2. The number of rotatable bonds is 9. The number of benzene rings is 2. The Labute approximate surface area is 168 Å². The quantitative estimate of drug-likeness (QED) is 0.442. The number of hydrogen-bond acceptors (Lipinski definition) is 5. The Morgan fingerprint density at radius 3 is 2.48 bits per heavy atom. The Hall–Kier alpha value is -3.42. The molecule has 1 aliphatic carbocycles. The van der Waals surface area contributed by atoms with Crippen LogP contribution in [-0.4, -0.2) is 23.3 Å². The molecule has 3 N–H and O–H groups in total. The van der Waals surface area contributed by atoms with Gasteiger partial charge in [-0.1, -0.05) is 24.3 Å². The lowest BCUT2D eigenvalue weighted by Crippen LogP contribution is -2.28. The van der Waals surface area contributed by atoms with Crippen molar-refractivity contribution < 1.29 is 14.5 Å². The SMILES string of the molecule is CC(NC(=O)CCNc1ccccc1[N+](=O)[O-])c1ccc(NC(=O)C2CC2)cc1. The fraction of sp³-hybridized carbons (Fsp3) is 0.333. The molecule has 0 saturated heterocycles. The van der Waals surface area contributed by atoms with Crippen LogP contribution in [-0.2, 0) is 9.59 Å². The van der Waals surface area contributed by atoms with Gasteiger partial charge in [-0.15, -0.1) is 0 Å². The maximum Gasteiger partial charge on any atom is 0.292 e. The minimum absolute atomic E-state index is 0.0184. The summed E-state index contributed by atoms with van der Waals surface area (Å²) in [5.41, 5.74) is 2.05. The molecule has 2 aromatic rings. The van der Waals surface area contributed by atoms with Crippen LogP contribution in [0.3, 0.4) is 0 Å². The molecule has 1 aliphatic rings. The van der Waals surface area contributed by atoms with E-state index in [4.69, 9.17) is 0 Å². The molecule has 8 heteroatoms. The predicted molar refractivity (Wildman–Crippen MR) is 111 cm³/mol. The Kier molecular flexibility index (Phi) is 6.43. The van der Waals surface area contributed by atoms with Crippen LogP contribution in [0.15, 0.2) is 48.5 Å². The fourth-order valence-electron chi connectivity index (χ4n) is 2.93. The van der Waals surface area contributed by atoms with Gasteiger partial charge in [-0.05, 0) is 43.5 Å². The van der Waals surface area contributed by atoms with E-state index in [0.29, 0.717) is 5.69 Å². The highest BCUT2D eigenvalue weighted by Crippen LogP contribution is 2.30. The van der Waals surface area contributed by atoms with Crippen molar-refractivity contribution in [1.29, 1.82) is 0 Å². The third kappa shape index (κ3) is 5.78. The lowest BCUT2D eigenvalue weighted by atomic mass is 10.1. The Morgan fingerprint density at radius 2 is 1.83 bits per heavy atom. The summed E-state index contributed by atoms with van der Waals surface area (Å²) in [4.78, 5) is 34.5. The molecule has 29 heavy (non-hydrogen) atoms. The molecule has 0 aliphatic heterocycles. The van der Waals surface area contributed by atoms with E-state index >= 15 is 0 Å². The summed E-state index contributed by atoms with van der Waals surface area (Å²) in [5, 5.41) is 19.7. The summed E-state index contributed by atoms with van der Waals surface area (Å²) in [6.07, 6.45) is 2.10. The van der Waals surface area contributed by atoms with Crippen LogP contribution in [0.25, 0.3) is 0 Å². The number of para-hydroxylation sites is 2. The molecule has 1 atom stereocenters. The lowest BCUT2D eigenvalue weighted by Gasteiger charge is -2.15. The van der Waals surface area contributed by atoms with Crippen LogP contribution in [0, 0.1) is 16.0 Å². The number of nitrogens with zero attached hydrogens (tertiary/aromatic N) is 1. The zero-order chi connectivity index (χ0) is 20.8. The van der Waals surface area contributed by atoms with Crippen LogP contribution >= 0.6 is 0 Å². The first-order chi connectivity index (χ1) is 13.9. The number of nitrogens with one attached hydrogen (secondary N) is 3. The van der Waals surface area contributed by atoms with Crippen LogP contribution < -0.4 is 16.0 Å². The number of anilines is 2. The molecule has 0 heterocycles. The monoisotopic (exact) mass is 396 g/mol. The molecule has 1 saturated carbocycles. The average Bonchev–Trinajstić information content (AvgIpc) is 3.54. The van der Waals surface area contributed by atoms with Crippen LogP contribution in [0.2, 0.25) is 0 Å². The van der Waals surface area contributed by atoms with Crippen LogP contribution in [0.5, 0.6) is 0 Å². The second kappa shape index (κ2) is 9.18. The van der Waals surface area contributed by atoms with Gasteiger partial charge in [0.05, 0.1) is 11.0 Å². The fourth-order valence-corrected chi connectivity index (χ4v) is 2.93. The number of hydrogen-bond donors (Lipinski definition) is 3. The van der Waals surface area contributed by atoms with Gasteiger partial charge in [0.2, 0.25) is 11.8 Å². The van der Waals surface area contributed by atoms with Crippen LogP contribution in [0.1, 0.15) is 37.8 Å². The van der Waals surface area contributed by atoms with Crippen molar-refractivity contribution in [2.75, 3.05) is 17.2 Å². The third-order valence-electron chi connectivity index (χ3n) is 4.77. The van der Waals surface area contributed by atoms with Crippen molar-refractivity contribution in [3.63, 3.8) is 0 Å². The van der Waals surface area contributed by atoms with E-state index in [-0.39, 0.29) is 42.4 Å². The summed E-state index contributed by atoms with van der Waals surface area (Å²) < 4.78 is 0. The molecular formula is C21H24N4O4. The molecule has 152 valence electrons. The second-order valence-electron chi connectivity index (χ2n) is 7.13. The van der Waals surface area contributed by atoms with Gasteiger partial charge in [0.1, 0.15) is 5.69 Å². The maximum absolute atomic E-state index is 12.2. The number of nitro groups is 1. The van der Waals surface area contributed by atoms with Crippen molar-refractivity contribution in [2.24, 2.45) is 5.92 Å². The predicted octanol–water partition coefficient (Wildman–Crippen LogP) is 3.62. The van der Waals surface area contributed by atoms with Gasteiger partial charge >= 0.3 is 0 Å². The van der Waals surface area contributed by atoms with Gasteiger partial charge in [-0.2, -0.15) is 0 Å². The average molecular weight is 396 g/mol. The van der Waals surface area contributed by atoms with Crippen molar-refractivity contribution in [2.45, 2.75) is 32.2 Å². The van der Waals surface area contributed by atoms with Crippen molar-refractivity contribution >= 4 is 28.9 Å². The molecular weight excluding hydrogens is 372 g/mol. The Bertz CT molecular complexity index is 894. The maximum atomic E-state index is 12.2. The molecule has 0 bridgehead atoms. The van der Waals surface area contributed by atoms with E-state index in [9.17, 15) is 19.7 Å². The second-order valence-corrected chi connectivity index (χ2v) is 7.13. The molecule has 0 spiro atoms. The molecule has 2 aromatic carbocycles. The van der Waals surface area contributed by atoms with Crippen molar-refractivity contribution in [3.05, 3.63) is 64.2 Å². The topological polar surface area (TPSA) is 113 Å². The lowest BCUT2D eigenvalue weighted by molar-refractivity contribution is -0.384. The standard InChI is InChI=1S/C21H24N4O4/c1-14(15-8-10-17(11-9-15)24-21(27)16-6-7-16)23-20(26)12-13-22-18-4-2-3-5-19(18)25(28)29/h2-5,8-11,14,16,22H,6-7,12-13H2,1H3,(H,23,26)(H,24,27). The first-order valence-electron chi connectivity index (χ1n) is 9.61. The van der Waals surface area contributed by atoms with E-state index in [2.05, 4.69) is 16.0 Å². The number of carbonyl (C=O) groups excluding carboxylic acids is 2. The highest BCUT2D eigenvalue weighted by Gasteiger charge is 2.29. The van der Waals surface area contributed by atoms with Gasteiger partial charge < -0.3 is 16.0 Å². The minimum atomic E-state index is -0.457. The summed E-state index contributed by atoms with van der Waals surface area (Å²) in [7, 11) is 0. The molecule has 0 aromatic heterocycles. The molecule has 8 nitrogen and oxygen atoms in total. The summed E-state index contributed by atoms with van der Waals surface area (Å²) in [6, 6.07) is 13.5. The van der Waals surface area contributed by atoms with Crippen LogP contribution in [0.4, 0.5) is 17.1 Å². The normalized spacial score (nSPS) is 14.0. The first kappa shape index (κ1) is 20.3. The largest absolute Gasteiger partial charge is 0.379 e. The van der Waals surface area contributed by atoms with Gasteiger partial charge in [-0.25, -0.2) is 0 Å². The number of amides is 2. The first-order valence-corrected chi connectivity index (χ1v) is 9.61. The minimum Gasteiger partial charge on any atom is -0.379 e. The van der Waals surface area contributed by atoms with E-state index < -0.39 is 4.92 Å². The summed E-state index contributed by atoms with van der Waals surface area (Å²) in [5.74, 6) is 0.0544. The van der Waals surface area contributed by atoms with Gasteiger partial charge in [-0.3, -0.25) is 19.7 Å². The Balaban J connectivity index is 1.45. The molecule has 2 amide bonds. The Morgan fingerprint density at radius 1 is 1.14 bits per heavy atom. The van der Waals surface area contributed by atoms with E-state index in [1.54, 1.807) is 18.2 Å². The third-order valence-corrected chi connectivity index (χ3v) is 4.77. The van der Waals surface area contributed by atoms with E-state index in [0.717, 1.165) is 24.1 Å². The number of nitro benzene ring substituents is 1. The molecule has 3 rings (SSSR count). The van der Waals surface area contributed by atoms with Gasteiger partial charge in [0, 0.05) is 30.6 Å². The molecule has 0 radical (unpaired) electrons. The highest BCUT2D eigenvalue weighted by atomic mass is 16.6. The van der Waals surface area contributed by atoms with E-state index in [1.807, 2.05) is 31.2 Å². The van der Waals surface area contributed by atoms with E-state index in [1.165, 1.54) is 6.07 Å².